The van der Waals surface area contributed by atoms with Crippen LogP contribution < -0.4 is 0 Å². The smallest absolute Gasteiger partial charge is 0.347 e. The molecular formula is C111H176O24. The fraction of sp³-hybridized carbons (Fsp3) is 0.901. The van der Waals surface area contributed by atoms with Gasteiger partial charge in [0.25, 0.3) is 0 Å². The molecule has 2 saturated heterocycles. The van der Waals surface area contributed by atoms with Crippen molar-refractivity contribution in [1.82, 2.24) is 0 Å². The van der Waals surface area contributed by atoms with Gasteiger partial charge in [-0.3, -0.25) is 38.4 Å². The minimum atomic E-state index is -0.865. The Hall–Kier alpha value is -5.91. The van der Waals surface area contributed by atoms with E-state index in [4.69, 9.17) is 47.4 Å². The second kappa shape index (κ2) is 40.5. The van der Waals surface area contributed by atoms with Gasteiger partial charge in [-0.2, -0.15) is 0 Å². The first-order chi connectivity index (χ1) is 63.0. The van der Waals surface area contributed by atoms with Gasteiger partial charge in [0.05, 0.1) is 61.6 Å². The second-order valence-corrected chi connectivity index (χ2v) is 51.6. The van der Waals surface area contributed by atoms with Crippen LogP contribution in [0.3, 0.4) is 0 Å². The van der Waals surface area contributed by atoms with Gasteiger partial charge in [0, 0.05) is 31.1 Å². The molecule has 2 heterocycles. The number of esters is 11. The maximum absolute atomic E-state index is 12.6. The number of carbonyl (C=O) groups is 11. The van der Waals surface area contributed by atoms with Crippen LogP contribution in [0.25, 0.3) is 0 Å². The fourth-order valence-electron chi connectivity index (χ4n) is 29.0. The molecule has 21 saturated carbocycles. The number of fused-ring (bicyclic) bond motifs is 6. The van der Waals surface area contributed by atoms with E-state index in [2.05, 4.69) is 39.4 Å². The Bertz CT molecular complexity index is 4110. The summed E-state index contributed by atoms with van der Waals surface area (Å²) in [5.74, 6) is 9.28. The largest absolute Gasteiger partial charge is 0.463 e. The number of hydrogen-bond donors (Lipinski definition) is 2. The van der Waals surface area contributed by atoms with Gasteiger partial charge in [0.2, 0.25) is 6.10 Å². The summed E-state index contributed by atoms with van der Waals surface area (Å²) < 4.78 is 60.3. The Morgan fingerprint density at radius 3 is 1.13 bits per heavy atom. The molecule has 135 heavy (non-hydrogen) atoms. The molecule has 2 aliphatic heterocycles. The normalized spacial score (nSPS) is 39.0. The van der Waals surface area contributed by atoms with E-state index >= 15 is 0 Å². The highest BCUT2D eigenvalue weighted by Gasteiger charge is 2.67. The highest BCUT2D eigenvalue weighted by atomic mass is 16.6. The highest BCUT2D eigenvalue weighted by molar-refractivity contribution is 5.84. The standard InChI is InChI=1S/C18H30O2.C17H28O2.C16H22O6.2C16H26O3.C16H26O2.C12H18O6/c1-5-17(3,4)16(19)20-18(6-2)14-8-12-7-13(10-14)11-15(18)9-12;1-5-16(2,3)15(18)19-17(4)13-7-11-6-12(9-13)10-14(17)8-11;1-4-16(2,3)15(19)20-7-11(17)21-12-8-5-9-10(6-8)14(18)22-13(9)12;2*1-4-14(2,3)13(17)19-16-8-11-5-12(9-16)7-15(18,6-11)10-16;1-4-16(2,3)15(17)18-14-9-10-8-13(14)12-7-5-6-11(10)12;1-4-12(2,3)11(15)17-7-9(13)18-8-5-6-16-10(8)14/h12-15H,5-11H2,1-4H3;11-14H,5-10H2,1-4H3;8-10,12-13H,4-7H2,1-3H3;2*11-12,18H,4-10H2,1-3H3;10-14H,4-9H2,1-3H3;8H,4-7H2,1-3H3. The molecule has 0 aromatic rings. The summed E-state index contributed by atoms with van der Waals surface area (Å²) in [7, 11) is 0. The third kappa shape index (κ3) is 22.9. The van der Waals surface area contributed by atoms with Crippen molar-refractivity contribution in [3.05, 3.63) is 0 Å². The SMILES string of the molecule is CCC(C)(C)C(=O)OC1(C)C2CC3CC(C2)CC1C3.CCC(C)(C)C(=O)OC1(CC)C2CC3CC(C2)CC1C3.CCC(C)(C)C(=O)OC12CC3CC(CC(O)(C3)C1)C2.CCC(C)(C)C(=O)OC12CC3CC(CC(O)(C3)C1)C2.CCC(C)(C)C(=O)OC1CC2CC1C1CCCC21.CCC(C)(C)C(=O)OCC(=O)OC1C2CC3C(=O)OC1C3C2.CCC(C)(C)C(=O)OCC(=O)OC1CCOC1=O. The molecule has 0 aromatic carbocycles. The molecule has 764 valence electrons. The molecule has 23 rings (SSSR count). The van der Waals surface area contributed by atoms with Gasteiger partial charge in [0.1, 0.15) is 40.7 Å². The van der Waals surface area contributed by atoms with E-state index in [1.807, 2.05) is 96.9 Å². The summed E-state index contributed by atoms with van der Waals surface area (Å²) in [6.45, 7) is 44.7. The Kier molecular flexibility index (Phi) is 31.9. The first-order valence-electron chi connectivity index (χ1n) is 53.7. The van der Waals surface area contributed by atoms with E-state index in [0.717, 1.165) is 151 Å². The predicted molar refractivity (Wildman–Crippen MR) is 507 cm³/mol. The van der Waals surface area contributed by atoms with E-state index in [-0.39, 0.29) is 124 Å². The maximum atomic E-state index is 12.6. The molecule has 0 amide bonds. The van der Waals surface area contributed by atoms with Crippen LogP contribution in [0.1, 0.15) is 403 Å². The third-order valence-electron chi connectivity index (χ3n) is 39.2. The molecule has 21 aliphatic carbocycles. The lowest BCUT2D eigenvalue weighted by molar-refractivity contribution is -0.226. The Balaban J connectivity index is 0.000000134. The molecular weight excluding hydrogens is 1720 g/mol. The number of aliphatic hydroxyl groups is 2. The average molecular weight is 1890 g/mol. The number of ether oxygens (including phenoxy) is 11. The highest BCUT2D eigenvalue weighted by Crippen LogP contribution is 2.66. The van der Waals surface area contributed by atoms with E-state index < -0.39 is 75.4 Å². The quantitative estimate of drug-likeness (QED) is 0.0600. The van der Waals surface area contributed by atoms with Gasteiger partial charge in [-0.25, -0.2) is 14.4 Å². The van der Waals surface area contributed by atoms with Crippen molar-refractivity contribution < 1.29 is 115 Å². The summed E-state index contributed by atoms with van der Waals surface area (Å²) in [4.78, 5) is 131. The van der Waals surface area contributed by atoms with Crippen molar-refractivity contribution in [3.8, 4) is 0 Å². The molecule has 0 aromatic heterocycles. The Morgan fingerprint density at radius 1 is 0.363 bits per heavy atom. The molecule has 15 atom stereocenters. The van der Waals surface area contributed by atoms with Crippen molar-refractivity contribution >= 4 is 65.7 Å². The van der Waals surface area contributed by atoms with Crippen LogP contribution in [0.15, 0.2) is 0 Å². The topological polar surface area (TPSA) is 330 Å². The van der Waals surface area contributed by atoms with Crippen LogP contribution in [0.4, 0.5) is 0 Å². The lowest BCUT2D eigenvalue weighted by Gasteiger charge is -2.60. The molecule has 24 nitrogen and oxygen atoms in total. The van der Waals surface area contributed by atoms with Crippen molar-refractivity contribution in [2.45, 2.75) is 461 Å². The van der Waals surface area contributed by atoms with E-state index in [9.17, 15) is 63.0 Å². The average Bonchev–Trinajstić information content (AvgIpc) is 1.46. The molecule has 23 aliphatic rings. The summed E-state index contributed by atoms with van der Waals surface area (Å²) in [6, 6.07) is 0. The minimum absolute atomic E-state index is 0.00636. The van der Waals surface area contributed by atoms with Crippen LogP contribution in [-0.4, -0.2) is 154 Å². The number of cyclic esters (lactones) is 1. The van der Waals surface area contributed by atoms with Gasteiger partial charge in [-0.05, 0) is 417 Å². The molecule has 15 unspecified atom stereocenters. The third-order valence-corrected chi connectivity index (χ3v) is 39.2. The van der Waals surface area contributed by atoms with Crippen molar-refractivity contribution in [2.24, 2.45) is 150 Å². The van der Waals surface area contributed by atoms with E-state index in [1.165, 1.54) is 103 Å². The zero-order valence-corrected chi connectivity index (χ0v) is 87.1. The van der Waals surface area contributed by atoms with Crippen LogP contribution in [0.5, 0.6) is 0 Å². The molecule has 20 bridgehead atoms. The number of carbonyl (C=O) groups excluding carboxylic acids is 11. The molecule has 0 spiro atoms. The first kappa shape index (κ1) is 106. The van der Waals surface area contributed by atoms with Crippen molar-refractivity contribution in [1.29, 1.82) is 0 Å². The van der Waals surface area contributed by atoms with Gasteiger partial charge in [-0.1, -0.05) is 61.8 Å². The molecule has 24 heteroatoms. The van der Waals surface area contributed by atoms with Crippen LogP contribution in [0.2, 0.25) is 0 Å². The lowest BCUT2D eigenvalue weighted by Crippen LogP contribution is -2.61. The molecule has 2 N–H and O–H groups in total. The zero-order valence-electron chi connectivity index (χ0n) is 87.1. The van der Waals surface area contributed by atoms with Gasteiger partial charge < -0.3 is 62.3 Å². The summed E-state index contributed by atoms with van der Waals surface area (Å²) in [6.07, 6.45) is 38.4. The number of hydrogen-bond acceptors (Lipinski definition) is 24. The maximum Gasteiger partial charge on any atom is 0.347 e. The van der Waals surface area contributed by atoms with Gasteiger partial charge in [-0.15, -0.1) is 0 Å². The van der Waals surface area contributed by atoms with Crippen molar-refractivity contribution in [3.63, 3.8) is 0 Å². The molecule has 23 fully saturated rings. The molecule has 0 radical (unpaired) electrons. The van der Waals surface area contributed by atoms with E-state index in [0.29, 0.717) is 85.4 Å². The fourth-order valence-corrected chi connectivity index (χ4v) is 29.0. The minimum Gasteiger partial charge on any atom is -0.463 e. The first-order valence-corrected chi connectivity index (χ1v) is 53.7. The van der Waals surface area contributed by atoms with E-state index in [1.54, 1.807) is 27.7 Å². The summed E-state index contributed by atoms with van der Waals surface area (Å²) in [5, 5.41) is 21.3. The Labute approximate surface area is 807 Å². The van der Waals surface area contributed by atoms with Crippen LogP contribution >= 0.6 is 0 Å². The van der Waals surface area contributed by atoms with Crippen LogP contribution in [0, 0.1) is 150 Å². The lowest BCUT2D eigenvalue weighted by atomic mass is 9.49. The zero-order chi connectivity index (χ0) is 98.9. The predicted octanol–water partition coefficient (Wildman–Crippen LogP) is 20.9. The summed E-state index contributed by atoms with van der Waals surface area (Å²) in [5.41, 5.74) is -5.17. The Morgan fingerprint density at radius 2 is 0.733 bits per heavy atom. The van der Waals surface area contributed by atoms with Crippen molar-refractivity contribution in [2.75, 3.05) is 19.8 Å². The monoisotopic (exact) mass is 1890 g/mol. The van der Waals surface area contributed by atoms with Crippen LogP contribution in [-0.2, 0) is 105 Å². The van der Waals surface area contributed by atoms with Gasteiger partial charge in [0.15, 0.2) is 13.2 Å². The summed E-state index contributed by atoms with van der Waals surface area (Å²) >= 11 is 0. The second-order valence-electron chi connectivity index (χ2n) is 51.6. The number of rotatable bonds is 26. The van der Waals surface area contributed by atoms with Gasteiger partial charge >= 0.3 is 65.7 Å².